The Hall–Kier alpha value is -4.97. The van der Waals surface area contributed by atoms with Crippen molar-refractivity contribution in [3.63, 3.8) is 0 Å². The quantitative estimate of drug-likeness (QED) is 0.0610. The lowest BCUT2D eigenvalue weighted by atomic mass is 9.73. The Bertz CT molecular complexity index is 2360. The van der Waals surface area contributed by atoms with Gasteiger partial charge in [-0.05, 0) is 103 Å². The van der Waals surface area contributed by atoms with E-state index in [2.05, 4.69) is 6.58 Å². The number of aliphatic hydroxyl groups excluding tert-OH is 1. The summed E-state index contributed by atoms with van der Waals surface area (Å²) in [5, 5.41) is 12.7. The fraction of sp³-hybridized carbons (Fsp3) is 0.529. The van der Waals surface area contributed by atoms with Crippen molar-refractivity contribution in [2.24, 2.45) is 5.92 Å². The van der Waals surface area contributed by atoms with Crippen molar-refractivity contribution in [2.75, 3.05) is 6.26 Å². The first-order chi connectivity index (χ1) is 30.9. The summed E-state index contributed by atoms with van der Waals surface area (Å²) < 4.78 is 76.2. The van der Waals surface area contributed by atoms with Gasteiger partial charge in [-0.2, -0.15) is 8.42 Å². The fourth-order valence-electron chi connectivity index (χ4n) is 8.33. The zero-order valence-electron chi connectivity index (χ0n) is 40.6. The van der Waals surface area contributed by atoms with Gasteiger partial charge in [-0.25, -0.2) is 14.4 Å². The molecule has 0 spiro atoms. The molecule has 366 valence electrons. The summed E-state index contributed by atoms with van der Waals surface area (Å²) >= 11 is 0. The summed E-state index contributed by atoms with van der Waals surface area (Å²) in [7, 11) is -4.70. The predicted molar refractivity (Wildman–Crippen MR) is 247 cm³/mol. The van der Waals surface area contributed by atoms with E-state index >= 15 is 9.59 Å². The van der Waals surface area contributed by atoms with Crippen molar-refractivity contribution < 1.29 is 70.0 Å². The minimum Gasteiger partial charge on any atom is -0.458 e. The van der Waals surface area contributed by atoms with Crippen LogP contribution in [0.2, 0.25) is 0 Å². The van der Waals surface area contributed by atoms with Gasteiger partial charge in [0.1, 0.15) is 29.0 Å². The third-order valence-electron chi connectivity index (χ3n) is 10.9. The molecular weight excluding hydrogens is 885 g/mol. The van der Waals surface area contributed by atoms with Crippen LogP contribution >= 0.6 is 0 Å². The van der Waals surface area contributed by atoms with Gasteiger partial charge in [0, 0.05) is 19.3 Å². The summed E-state index contributed by atoms with van der Waals surface area (Å²) in [5.74, 6) is -7.67. The van der Waals surface area contributed by atoms with E-state index in [-0.39, 0.29) is 12.3 Å². The van der Waals surface area contributed by atoms with Gasteiger partial charge in [0.2, 0.25) is 17.3 Å². The van der Waals surface area contributed by atoms with Gasteiger partial charge in [0.25, 0.3) is 10.1 Å². The van der Waals surface area contributed by atoms with Crippen molar-refractivity contribution in [2.45, 2.75) is 160 Å². The van der Waals surface area contributed by atoms with Crippen LogP contribution in [0.4, 0.5) is 0 Å². The molecule has 2 aliphatic heterocycles. The monoisotopic (exact) mass is 950 g/mol. The van der Waals surface area contributed by atoms with E-state index in [0.717, 1.165) is 16.7 Å². The number of hydrogen-bond donors (Lipinski definition) is 1. The Morgan fingerprint density at radius 1 is 0.761 bits per heavy atom. The lowest BCUT2D eigenvalue weighted by molar-refractivity contribution is -0.385. The van der Waals surface area contributed by atoms with Crippen LogP contribution in [0.1, 0.15) is 100 Å². The lowest BCUT2D eigenvalue weighted by Crippen LogP contribution is -2.80. The molecule has 2 saturated heterocycles. The summed E-state index contributed by atoms with van der Waals surface area (Å²) in [4.78, 5) is 58.5. The second-order valence-electron chi connectivity index (χ2n) is 20.3. The number of esters is 4. The van der Waals surface area contributed by atoms with Gasteiger partial charge < -0.3 is 38.3 Å². The Morgan fingerprint density at radius 3 is 1.81 bits per heavy atom. The topological polar surface area (TPSA) is 196 Å². The van der Waals surface area contributed by atoms with Crippen LogP contribution < -0.4 is 0 Å². The predicted octanol–water partition coefficient (Wildman–Crippen LogP) is 7.35. The molecule has 67 heavy (non-hydrogen) atoms. The van der Waals surface area contributed by atoms with Crippen LogP contribution in [-0.2, 0) is 79.7 Å². The van der Waals surface area contributed by atoms with E-state index < -0.39 is 105 Å². The minimum absolute atomic E-state index is 0.181. The Labute approximate surface area is 394 Å². The average Bonchev–Trinajstić information content (AvgIpc) is 3.41. The van der Waals surface area contributed by atoms with E-state index in [9.17, 15) is 23.1 Å². The molecule has 2 bridgehead atoms. The van der Waals surface area contributed by atoms with Crippen LogP contribution in [0.5, 0.6) is 0 Å². The highest BCUT2D eigenvalue weighted by Crippen LogP contribution is 2.59. The third kappa shape index (κ3) is 12.4. The molecule has 0 aliphatic carbocycles. The van der Waals surface area contributed by atoms with Crippen molar-refractivity contribution >= 4 is 34.0 Å². The zero-order valence-corrected chi connectivity index (χ0v) is 41.4. The SMILES string of the molecule is C=C(CC[C@]12O[C@H](C(=O)OC(C)(C)C)[C@@](OCc3ccc(-c4ccccc4)cc3)(C(=O)OC(C)(C)C)[C@](C(=O)OC(C)(C)C)(O1)[C@H](OS(C)(=O)=O)[C@H]2O)[C@@H](OC(C)=O)[C@H](C)Cc1ccccc1. The van der Waals surface area contributed by atoms with Gasteiger partial charge in [0.05, 0.1) is 12.9 Å². The summed E-state index contributed by atoms with van der Waals surface area (Å²) in [6.07, 6.45) is -7.49. The molecule has 0 saturated carbocycles. The maximum atomic E-state index is 15.5. The molecule has 0 radical (unpaired) electrons. The normalized spacial score (nSPS) is 25.1. The molecule has 2 fully saturated rings. The number of carbonyl (C=O) groups is 4. The molecule has 8 atom stereocenters. The van der Waals surface area contributed by atoms with Crippen molar-refractivity contribution in [1.82, 2.24) is 0 Å². The Morgan fingerprint density at radius 2 is 1.28 bits per heavy atom. The smallest absolute Gasteiger partial charge is 0.346 e. The molecule has 0 unspecified atom stereocenters. The number of benzene rings is 3. The molecule has 1 N–H and O–H groups in total. The highest BCUT2D eigenvalue weighted by molar-refractivity contribution is 7.86. The largest absolute Gasteiger partial charge is 0.458 e. The van der Waals surface area contributed by atoms with E-state index in [0.29, 0.717) is 23.8 Å². The Kier molecular flexibility index (Phi) is 15.8. The molecule has 2 aliphatic rings. The Balaban J connectivity index is 1.76. The highest BCUT2D eigenvalue weighted by atomic mass is 32.2. The second-order valence-corrected chi connectivity index (χ2v) is 21.9. The van der Waals surface area contributed by atoms with Crippen LogP contribution in [0.3, 0.4) is 0 Å². The number of carbonyl (C=O) groups excluding carboxylic acids is 4. The van der Waals surface area contributed by atoms with Gasteiger partial charge in [-0.15, -0.1) is 0 Å². The molecule has 15 nitrogen and oxygen atoms in total. The lowest BCUT2D eigenvalue weighted by Gasteiger charge is -2.53. The van der Waals surface area contributed by atoms with Crippen molar-refractivity contribution in [1.29, 1.82) is 0 Å². The van der Waals surface area contributed by atoms with Crippen LogP contribution in [0, 0.1) is 5.92 Å². The fourth-order valence-corrected chi connectivity index (χ4v) is 8.94. The molecule has 0 amide bonds. The maximum absolute atomic E-state index is 15.5. The third-order valence-corrected chi connectivity index (χ3v) is 11.5. The van der Waals surface area contributed by atoms with Crippen LogP contribution in [-0.4, -0.2) is 102 Å². The van der Waals surface area contributed by atoms with Gasteiger partial charge >= 0.3 is 23.9 Å². The first-order valence-corrected chi connectivity index (χ1v) is 24.0. The average molecular weight is 951 g/mol. The maximum Gasteiger partial charge on any atom is 0.346 e. The first-order valence-electron chi connectivity index (χ1n) is 22.2. The number of hydrogen-bond acceptors (Lipinski definition) is 15. The minimum atomic E-state index is -4.70. The van der Waals surface area contributed by atoms with E-state index in [1.54, 1.807) is 45.0 Å². The molecule has 3 aromatic carbocycles. The van der Waals surface area contributed by atoms with Crippen LogP contribution in [0.25, 0.3) is 11.1 Å². The molecule has 0 aromatic heterocycles. The molecular formula is C51H66O15S. The van der Waals surface area contributed by atoms with Gasteiger partial charge in [-0.3, -0.25) is 8.98 Å². The summed E-state index contributed by atoms with van der Waals surface area (Å²) in [6.45, 7) is 20.6. The van der Waals surface area contributed by atoms with E-state index in [1.165, 1.54) is 48.5 Å². The molecule has 16 heteroatoms. The van der Waals surface area contributed by atoms with Crippen molar-refractivity contribution in [3.05, 3.63) is 108 Å². The highest BCUT2D eigenvalue weighted by Gasteiger charge is 2.87. The number of aliphatic hydroxyl groups is 1. The van der Waals surface area contributed by atoms with Gasteiger partial charge in [0.15, 0.2) is 11.9 Å². The molecule has 3 aromatic rings. The number of fused-ring (bicyclic) bond motifs is 2. The first kappa shape index (κ1) is 53.0. The number of ether oxygens (including phenoxy) is 7. The second kappa shape index (κ2) is 19.9. The summed E-state index contributed by atoms with van der Waals surface area (Å²) in [5.41, 5.74) is -6.99. The summed E-state index contributed by atoms with van der Waals surface area (Å²) in [6, 6.07) is 26.0. The van der Waals surface area contributed by atoms with E-state index in [4.69, 9.17) is 37.3 Å². The van der Waals surface area contributed by atoms with Crippen LogP contribution in [0.15, 0.2) is 97.1 Å². The molecule has 2 heterocycles. The standard InChI is InChI=1S/C51H66O15S/c1-32(39(60-34(3)52)33(2)30-35-20-16-14-17-21-35)28-29-49-40(53)41(65-67(13,57)58)51(66-49,45(56)64-48(10,11)12)50(44(55)63-47(7,8)9,42(61-49)43(54)62-46(4,5)6)59-31-36-24-26-38(27-25-36)37-22-18-15-19-23-37/h14-27,33,39-42,53H,1,28-31H2,2-13H3/t33-,39-,40-,41-,42-,49+,50-,51+/m1/s1. The van der Waals surface area contributed by atoms with Gasteiger partial charge in [-0.1, -0.05) is 98.4 Å². The molecule has 5 rings (SSSR count). The van der Waals surface area contributed by atoms with Crippen molar-refractivity contribution in [3.8, 4) is 11.1 Å². The number of rotatable bonds is 17. The zero-order chi connectivity index (χ0) is 50.0. The van der Waals surface area contributed by atoms with E-state index in [1.807, 2.05) is 67.6 Å².